The van der Waals surface area contributed by atoms with E-state index in [4.69, 9.17) is 0 Å². The smallest absolute Gasteiger partial charge is 0.150 e. The van der Waals surface area contributed by atoms with Gasteiger partial charge in [-0.2, -0.15) is 0 Å². The fourth-order valence-electron chi connectivity index (χ4n) is 0.487. The maximum atomic E-state index is 4.54. The summed E-state index contributed by atoms with van der Waals surface area (Å²) in [6.45, 7) is 0.562. The van der Waals surface area contributed by atoms with Gasteiger partial charge in [-0.25, -0.2) is 15.0 Å². The maximum Gasteiger partial charge on any atom is 0.150 e. The first-order chi connectivity index (χ1) is 4.93. The Labute approximate surface area is 63.7 Å². The Bertz CT molecular complexity index is 200. The van der Waals surface area contributed by atoms with Crippen molar-refractivity contribution in [3.8, 4) is 0 Å². The number of thiocarbonyl (C=S) groups is 1. The standard InChI is InChI=1S/C5H6N4S/c10-4-6-1-5-8-2-7-3-9-5/h2-4H,1H2,(H,6,10). The van der Waals surface area contributed by atoms with Crippen molar-refractivity contribution in [3.63, 3.8) is 0 Å². The van der Waals surface area contributed by atoms with Gasteiger partial charge in [0.15, 0.2) is 5.82 Å². The highest BCUT2D eigenvalue weighted by molar-refractivity contribution is 7.78. The molecule has 1 N–H and O–H groups in total. The second-order valence-corrected chi connectivity index (χ2v) is 1.79. The van der Waals surface area contributed by atoms with Gasteiger partial charge in [0.1, 0.15) is 12.7 Å². The third-order valence-corrected chi connectivity index (χ3v) is 1.06. The Kier molecular flexibility index (Phi) is 2.69. The van der Waals surface area contributed by atoms with Crippen LogP contribution in [0.25, 0.3) is 0 Å². The van der Waals surface area contributed by atoms with Gasteiger partial charge in [-0.1, -0.05) is 12.2 Å². The molecular formula is C5H6N4S. The zero-order valence-electron chi connectivity index (χ0n) is 5.19. The lowest BCUT2D eigenvalue weighted by molar-refractivity contribution is 0.820. The zero-order chi connectivity index (χ0) is 7.23. The molecule has 0 amide bonds. The SMILES string of the molecule is S=CNCc1ncncn1. The van der Waals surface area contributed by atoms with E-state index >= 15 is 0 Å². The van der Waals surface area contributed by atoms with Crippen LogP contribution < -0.4 is 5.32 Å². The lowest BCUT2D eigenvalue weighted by atomic mass is 10.6. The van der Waals surface area contributed by atoms with Gasteiger partial charge in [0, 0.05) is 0 Å². The molecule has 0 atom stereocenters. The number of nitrogens with one attached hydrogen (secondary N) is 1. The molecule has 5 heteroatoms. The average Bonchev–Trinajstić information content (AvgIpc) is 2.03. The molecule has 0 bridgehead atoms. The Balaban J connectivity index is 2.50. The topological polar surface area (TPSA) is 50.7 Å². The number of nitrogens with zero attached hydrogens (tertiary/aromatic N) is 3. The molecule has 52 valence electrons. The van der Waals surface area contributed by atoms with Crippen molar-refractivity contribution in [2.45, 2.75) is 6.54 Å². The van der Waals surface area contributed by atoms with Crippen molar-refractivity contribution in [2.24, 2.45) is 0 Å². The van der Waals surface area contributed by atoms with E-state index in [1.807, 2.05) is 0 Å². The van der Waals surface area contributed by atoms with Crippen LogP contribution in [0.15, 0.2) is 12.7 Å². The number of hydrogen-bond acceptors (Lipinski definition) is 4. The van der Waals surface area contributed by atoms with Crippen LogP contribution in [0.5, 0.6) is 0 Å². The molecule has 0 radical (unpaired) electrons. The van der Waals surface area contributed by atoms with Crippen LogP contribution in [-0.4, -0.2) is 20.4 Å². The molecule has 0 fully saturated rings. The fourth-order valence-corrected chi connectivity index (χ4v) is 0.571. The fraction of sp³-hybridized carbons (Fsp3) is 0.200. The maximum absolute atomic E-state index is 4.54. The summed E-state index contributed by atoms with van der Waals surface area (Å²) in [5.41, 5.74) is 1.43. The Morgan fingerprint density at radius 2 is 2.20 bits per heavy atom. The quantitative estimate of drug-likeness (QED) is 0.617. The largest absolute Gasteiger partial charge is 0.375 e. The molecule has 0 aliphatic heterocycles. The Morgan fingerprint density at radius 1 is 1.50 bits per heavy atom. The van der Waals surface area contributed by atoms with E-state index in [0.29, 0.717) is 12.4 Å². The lowest BCUT2D eigenvalue weighted by Gasteiger charge is -1.94. The second kappa shape index (κ2) is 3.84. The van der Waals surface area contributed by atoms with Gasteiger partial charge in [0.05, 0.1) is 12.0 Å². The van der Waals surface area contributed by atoms with Crippen molar-refractivity contribution in [2.75, 3.05) is 0 Å². The highest BCUT2D eigenvalue weighted by Gasteiger charge is 1.88. The summed E-state index contributed by atoms with van der Waals surface area (Å²) in [5.74, 6) is 0.691. The predicted octanol–water partition coefficient (Wildman–Crippen LogP) is -0.0816. The van der Waals surface area contributed by atoms with Crippen LogP contribution >= 0.6 is 12.2 Å². The van der Waals surface area contributed by atoms with Gasteiger partial charge in [0.2, 0.25) is 0 Å². The van der Waals surface area contributed by atoms with Crippen LogP contribution in [0.1, 0.15) is 5.82 Å². The van der Waals surface area contributed by atoms with Crippen LogP contribution in [0.3, 0.4) is 0 Å². The molecule has 0 saturated heterocycles. The van der Waals surface area contributed by atoms with Crippen LogP contribution in [-0.2, 0) is 6.54 Å². The number of aromatic nitrogens is 3. The first kappa shape index (κ1) is 7.01. The summed E-state index contributed by atoms with van der Waals surface area (Å²) in [4.78, 5) is 11.4. The van der Waals surface area contributed by atoms with Crippen LogP contribution in [0, 0.1) is 0 Å². The first-order valence-corrected chi connectivity index (χ1v) is 3.18. The van der Waals surface area contributed by atoms with E-state index in [1.165, 1.54) is 18.1 Å². The molecule has 0 aromatic carbocycles. The molecule has 1 heterocycles. The molecule has 0 aliphatic carbocycles. The minimum atomic E-state index is 0.562. The van der Waals surface area contributed by atoms with Gasteiger partial charge >= 0.3 is 0 Å². The monoisotopic (exact) mass is 154 g/mol. The van der Waals surface area contributed by atoms with E-state index in [9.17, 15) is 0 Å². The van der Waals surface area contributed by atoms with E-state index in [-0.39, 0.29) is 0 Å². The normalized spacial score (nSPS) is 8.80. The van der Waals surface area contributed by atoms with Crippen molar-refractivity contribution >= 4 is 17.7 Å². The summed E-state index contributed by atoms with van der Waals surface area (Å²) in [6, 6.07) is 0. The minimum Gasteiger partial charge on any atom is -0.375 e. The molecule has 1 aromatic rings. The average molecular weight is 154 g/mol. The molecule has 4 nitrogen and oxygen atoms in total. The van der Waals surface area contributed by atoms with E-state index in [1.54, 1.807) is 0 Å². The summed E-state index contributed by atoms with van der Waals surface area (Å²) < 4.78 is 0. The van der Waals surface area contributed by atoms with Crippen LogP contribution in [0.2, 0.25) is 0 Å². The van der Waals surface area contributed by atoms with Crippen molar-refractivity contribution in [3.05, 3.63) is 18.5 Å². The van der Waals surface area contributed by atoms with Gasteiger partial charge in [-0.3, -0.25) is 0 Å². The molecule has 0 unspecified atom stereocenters. The molecular weight excluding hydrogens is 148 g/mol. The van der Waals surface area contributed by atoms with Gasteiger partial charge in [-0.05, 0) is 0 Å². The highest BCUT2D eigenvalue weighted by Crippen LogP contribution is 1.80. The van der Waals surface area contributed by atoms with E-state index in [2.05, 4.69) is 32.5 Å². The molecule has 1 aromatic heterocycles. The molecule has 10 heavy (non-hydrogen) atoms. The Morgan fingerprint density at radius 3 is 2.80 bits per heavy atom. The zero-order valence-corrected chi connectivity index (χ0v) is 6.01. The van der Waals surface area contributed by atoms with E-state index in [0.717, 1.165) is 0 Å². The first-order valence-electron chi connectivity index (χ1n) is 2.71. The third kappa shape index (κ3) is 2.02. The van der Waals surface area contributed by atoms with Crippen LogP contribution in [0.4, 0.5) is 0 Å². The minimum absolute atomic E-state index is 0.562. The van der Waals surface area contributed by atoms with Crippen molar-refractivity contribution in [1.82, 2.24) is 20.3 Å². The highest BCUT2D eigenvalue weighted by atomic mass is 32.1. The molecule has 0 saturated carbocycles. The summed E-state index contributed by atoms with van der Waals surface area (Å²) in [6.07, 6.45) is 2.90. The summed E-state index contributed by atoms with van der Waals surface area (Å²) in [5, 5.41) is 2.80. The number of hydrogen-bond donors (Lipinski definition) is 1. The summed E-state index contributed by atoms with van der Waals surface area (Å²) >= 11 is 4.54. The molecule has 1 rings (SSSR count). The van der Waals surface area contributed by atoms with Crippen molar-refractivity contribution in [1.29, 1.82) is 0 Å². The predicted molar refractivity (Wildman–Crippen MR) is 40.3 cm³/mol. The van der Waals surface area contributed by atoms with Gasteiger partial charge in [0.25, 0.3) is 0 Å². The third-order valence-electron chi connectivity index (χ3n) is 0.890. The lowest BCUT2D eigenvalue weighted by Crippen LogP contribution is -2.11. The van der Waals surface area contributed by atoms with Gasteiger partial charge < -0.3 is 5.32 Å². The number of rotatable bonds is 3. The Hall–Kier alpha value is -1.10. The van der Waals surface area contributed by atoms with E-state index < -0.39 is 0 Å². The summed E-state index contributed by atoms with van der Waals surface area (Å²) in [7, 11) is 0. The second-order valence-electron chi connectivity index (χ2n) is 1.55. The van der Waals surface area contributed by atoms with Crippen molar-refractivity contribution < 1.29 is 0 Å². The molecule has 0 spiro atoms. The van der Waals surface area contributed by atoms with Gasteiger partial charge in [-0.15, -0.1) is 0 Å². The molecule has 0 aliphatic rings.